The van der Waals surface area contributed by atoms with Crippen molar-refractivity contribution in [1.29, 1.82) is 0 Å². The molecule has 49 heavy (non-hydrogen) atoms. The molecule has 0 fully saturated rings. The normalized spacial score (nSPS) is 14.0. The van der Waals surface area contributed by atoms with Gasteiger partial charge in [0, 0.05) is 58.1 Å². The Morgan fingerprint density at radius 3 is 2.31 bits per heavy atom. The maximum absolute atomic E-state index is 13.8. The van der Waals surface area contributed by atoms with Crippen LogP contribution in [-0.4, -0.2) is 32.5 Å². The average Bonchev–Trinajstić information content (AvgIpc) is 3.69. The molecule has 7 aromatic rings. The third kappa shape index (κ3) is 5.09. The third-order valence-corrected chi connectivity index (χ3v) is 10.5. The van der Waals surface area contributed by atoms with Gasteiger partial charge in [-0.3, -0.25) is 9.10 Å². The first kappa shape index (κ1) is 30.7. The zero-order valence-corrected chi connectivity index (χ0v) is 27.8. The van der Waals surface area contributed by atoms with Gasteiger partial charge in [0.1, 0.15) is 22.9 Å². The summed E-state index contributed by atoms with van der Waals surface area (Å²) in [7, 11) is -2.22. The monoisotopic (exact) mass is 670 g/mol. The Labute approximate surface area is 282 Å². The summed E-state index contributed by atoms with van der Waals surface area (Å²) in [5, 5.41) is 1.59. The second kappa shape index (κ2) is 11.5. The molecule has 0 amide bonds. The number of furan rings is 1. The number of hydrogen-bond donors (Lipinski definition) is 1. The Morgan fingerprint density at radius 1 is 0.857 bits per heavy atom. The number of sulfonamides is 1. The topological polar surface area (TPSA) is 92.6 Å². The summed E-state index contributed by atoms with van der Waals surface area (Å²) < 4.78 is 54.0. The predicted molar refractivity (Wildman–Crippen MR) is 191 cm³/mol. The lowest BCUT2D eigenvalue weighted by molar-refractivity contribution is 0.0989. The van der Waals surface area contributed by atoms with E-state index in [1.54, 1.807) is 25.1 Å². The fraction of sp³-hybridized carbons (Fsp3) is 0.125. The molecular formula is C40H31FN2O5S. The van der Waals surface area contributed by atoms with E-state index in [0.717, 1.165) is 45.1 Å². The first-order chi connectivity index (χ1) is 23.6. The van der Waals surface area contributed by atoms with Gasteiger partial charge in [0.05, 0.1) is 23.2 Å². The molecule has 1 atom stereocenters. The molecule has 1 aliphatic heterocycles. The maximum atomic E-state index is 13.8. The number of para-hydroxylation sites is 1. The maximum Gasteiger partial charge on any atom is 0.232 e. The van der Waals surface area contributed by atoms with E-state index < -0.39 is 15.8 Å². The lowest BCUT2D eigenvalue weighted by Gasteiger charge is -2.28. The molecule has 0 saturated carbocycles. The highest BCUT2D eigenvalue weighted by Gasteiger charge is 2.32. The molecule has 7 nitrogen and oxygen atoms in total. The minimum Gasteiger partial charge on any atom is -0.480 e. The van der Waals surface area contributed by atoms with Crippen LogP contribution in [-0.2, 0) is 10.0 Å². The number of Topliss-reactive ketones (excluding diaryl/α,β-unsaturated/α-hetero) is 1. The number of ether oxygens (including phenoxy) is 1. The number of nitrogens with one attached hydrogen (secondary N) is 1. The zero-order chi connectivity index (χ0) is 34.0. The molecule has 0 spiro atoms. The Hall–Kier alpha value is -5.67. The minimum atomic E-state index is -3.71. The summed E-state index contributed by atoms with van der Waals surface area (Å²) in [6.45, 7) is 1.77. The Balaban J connectivity index is 1.37. The molecule has 0 bridgehead atoms. The zero-order valence-electron chi connectivity index (χ0n) is 27.0. The summed E-state index contributed by atoms with van der Waals surface area (Å²) in [4.78, 5) is 17.1. The van der Waals surface area contributed by atoms with Gasteiger partial charge in [-0.2, -0.15) is 0 Å². The van der Waals surface area contributed by atoms with E-state index in [0.29, 0.717) is 44.9 Å². The molecule has 0 aliphatic carbocycles. The van der Waals surface area contributed by atoms with Gasteiger partial charge in [-0.15, -0.1) is 0 Å². The lowest BCUT2D eigenvalue weighted by atomic mass is 9.90. The summed E-state index contributed by atoms with van der Waals surface area (Å²) >= 11 is 0. The largest absolute Gasteiger partial charge is 0.480 e. The summed E-state index contributed by atoms with van der Waals surface area (Å²) in [5.41, 5.74) is 7.69. The van der Waals surface area contributed by atoms with Gasteiger partial charge in [0.2, 0.25) is 10.0 Å². The van der Waals surface area contributed by atoms with Crippen LogP contribution in [0.15, 0.2) is 114 Å². The smallest absolute Gasteiger partial charge is 0.232 e. The van der Waals surface area contributed by atoms with E-state index in [2.05, 4.69) is 23.2 Å². The van der Waals surface area contributed by atoms with Gasteiger partial charge in [0.25, 0.3) is 0 Å². The first-order valence-electron chi connectivity index (χ1n) is 15.9. The quantitative estimate of drug-likeness (QED) is 0.171. The highest BCUT2D eigenvalue weighted by molar-refractivity contribution is 7.92. The van der Waals surface area contributed by atoms with Crippen LogP contribution in [0.25, 0.3) is 55.6 Å². The molecule has 5 aromatic carbocycles. The molecule has 1 N–H and O–H groups in total. The molecule has 0 radical (unpaired) electrons. The van der Waals surface area contributed by atoms with Crippen molar-refractivity contribution in [3.8, 4) is 39.5 Å². The van der Waals surface area contributed by atoms with Gasteiger partial charge >= 0.3 is 0 Å². The van der Waals surface area contributed by atoms with Crippen molar-refractivity contribution in [2.75, 3.05) is 17.6 Å². The number of nitrogens with zero attached hydrogens (tertiary/aromatic N) is 1. The van der Waals surface area contributed by atoms with Crippen LogP contribution >= 0.6 is 0 Å². The number of halogens is 1. The standard InChI is InChI=1S/C40H31FN2O5S/c1-4-33(44)36-29-21-28(32(43(2)49(3,45)46)22-35(29)48-39(36)24-14-17-26(41)18-15-24)25-16-19-34-30(20-25)38-37(27-12-8-9-13-31(27)42-38)40(47-34)23-10-6-5-7-11-23/h5-22,40,42H,4H2,1-3H3. The summed E-state index contributed by atoms with van der Waals surface area (Å²) in [5.74, 6) is 0.425. The van der Waals surface area contributed by atoms with Crippen LogP contribution in [0.1, 0.15) is 40.9 Å². The molecule has 9 heteroatoms. The average molecular weight is 671 g/mol. The van der Waals surface area contributed by atoms with E-state index in [9.17, 15) is 17.6 Å². The molecule has 1 unspecified atom stereocenters. The van der Waals surface area contributed by atoms with Gasteiger partial charge in [0.15, 0.2) is 11.9 Å². The predicted octanol–water partition coefficient (Wildman–Crippen LogP) is 9.52. The third-order valence-electron chi connectivity index (χ3n) is 9.26. The number of benzene rings is 5. The van der Waals surface area contributed by atoms with Crippen molar-refractivity contribution < 1.29 is 26.8 Å². The van der Waals surface area contributed by atoms with Crippen molar-refractivity contribution in [2.45, 2.75) is 19.4 Å². The van der Waals surface area contributed by atoms with Gasteiger partial charge in [-0.25, -0.2) is 12.8 Å². The highest BCUT2D eigenvalue weighted by Crippen LogP contribution is 2.50. The Morgan fingerprint density at radius 2 is 1.57 bits per heavy atom. The fourth-order valence-electron chi connectivity index (χ4n) is 6.75. The van der Waals surface area contributed by atoms with Crippen molar-refractivity contribution in [1.82, 2.24) is 4.98 Å². The number of carbonyl (C=O) groups is 1. The van der Waals surface area contributed by atoms with Crippen molar-refractivity contribution in [3.63, 3.8) is 0 Å². The van der Waals surface area contributed by atoms with E-state index in [4.69, 9.17) is 9.15 Å². The number of rotatable bonds is 7. The van der Waals surface area contributed by atoms with Crippen molar-refractivity contribution >= 4 is 43.4 Å². The van der Waals surface area contributed by atoms with E-state index >= 15 is 0 Å². The van der Waals surface area contributed by atoms with E-state index in [-0.39, 0.29) is 18.3 Å². The van der Waals surface area contributed by atoms with Crippen LogP contribution in [0.3, 0.4) is 0 Å². The number of aromatic amines is 1. The second-order valence-corrected chi connectivity index (χ2v) is 14.3. The number of carbonyl (C=O) groups excluding carboxylic acids is 1. The van der Waals surface area contributed by atoms with E-state index in [1.807, 2.05) is 60.7 Å². The number of H-pyrrole nitrogens is 1. The van der Waals surface area contributed by atoms with Gasteiger partial charge in [-0.05, 0) is 59.7 Å². The van der Waals surface area contributed by atoms with Crippen LogP contribution in [0.5, 0.6) is 5.75 Å². The fourth-order valence-corrected chi connectivity index (χ4v) is 7.26. The SMILES string of the molecule is CCC(=O)c1c(-c2ccc(F)cc2)oc2cc(N(C)S(C)(=O)=O)c(-c3ccc4c(c3)-c3[nH]c5ccccc5c3C(c3ccccc3)O4)cc12. The number of aromatic nitrogens is 1. The summed E-state index contributed by atoms with van der Waals surface area (Å²) in [6, 6.07) is 33.2. The number of fused-ring (bicyclic) bond motifs is 6. The molecule has 0 saturated heterocycles. The molecule has 8 rings (SSSR count). The second-order valence-electron chi connectivity index (χ2n) is 12.3. The molecule has 3 heterocycles. The van der Waals surface area contributed by atoms with Crippen LogP contribution in [0.4, 0.5) is 10.1 Å². The van der Waals surface area contributed by atoms with Crippen molar-refractivity contribution in [2.24, 2.45) is 0 Å². The summed E-state index contributed by atoms with van der Waals surface area (Å²) in [6.07, 6.45) is 1.01. The van der Waals surface area contributed by atoms with Gasteiger partial charge < -0.3 is 14.1 Å². The molecule has 2 aromatic heterocycles. The van der Waals surface area contributed by atoms with E-state index in [1.165, 1.54) is 23.5 Å². The van der Waals surface area contributed by atoms with Gasteiger partial charge in [-0.1, -0.05) is 61.5 Å². The van der Waals surface area contributed by atoms with Crippen LogP contribution in [0.2, 0.25) is 0 Å². The Kier molecular flexibility index (Phi) is 7.19. The number of anilines is 1. The van der Waals surface area contributed by atoms with Crippen LogP contribution in [0, 0.1) is 5.82 Å². The highest BCUT2D eigenvalue weighted by atomic mass is 32.2. The van der Waals surface area contributed by atoms with Crippen molar-refractivity contribution in [3.05, 3.63) is 132 Å². The van der Waals surface area contributed by atoms with Crippen LogP contribution < -0.4 is 9.04 Å². The molecule has 1 aliphatic rings. The lowest BCUT2D eigenvalue weighted by Crippen LogP contribution is -2.25. The molecular weight excluding hydrogens is 640 g/mol. The first-order valence-corrected chi connectivity index (χ1v) is 17.8. The Bertz CT molecular complexity index is 2540. The molecule has 244 valence electrons. The number of hydrogen-bond acceptors (Lipinski definition) is 5. The minimum absolute atomic E-state index is 0.151. The number of ketones is 1.